The molecule has 1 aliphatic carbocycles. The van der Waals surface area contributed by atoms with Gasteiger partial charge >= 0.3 is 0 Å². The van der Waals surface area contributed by atoms with E-state index < -0.39 is 10.8 Å². The van der Waals surface area contributed by atoms with E-state index >= 15 is 0 Å². The molecule has 1 aromatic carbocycles. The number of hydrogen-bond donors (Lipinski definition) is 2. The van der Waals surface area contributed by atoms with E-state index in [0.717, 1.165) is 25.7 Å². The van der Waals surface area contributed by atoms with Crippen LogP contribution in [0.4, 0.5) is 5.69 Å². The van der Waals surface area contributed by atoms with Crippen molar-refractivity contribution >= 4 is 11.6 Å². The molecule has 0 aliphatic heterocycles. The fraction of sp³-hybridized carbons (Fsp3) is 0.533. The van der Waals surface area contributed by atoms with E-state index in [1.165, 1.54) is 12.5 Å². The number of carbonyl (C=O) groups is 1. The van der Waals surface area contributed by atoms with Crippen molar-refractivity contribution in [1.82, 2.24) is 5.32 Å². The molecule has 2 rings (SSSR count). The first-order chi connectivity index (χ1) is 9.93. The van der Waals surface area contributed by atoms with Gasteiger partial charge in [0.05, 0.1) is 4.92 Å². The number of benzene rings is 1. The standard InChI is InChI=1S/C15H21N3O3/c1-11-6-5-7-12(13(11)18(20)21)14(19)17-10-15(16)8-3-2-4-9-15/h5-7H,2-4,8-10,16H2,1H3,(H,17,19). The summed E-state index contributed by atoms with van der Waals surface area (Å²) in [6.45, 7) is 1.98. The molecule has 0 saturated heterocycles. The number of carbonyl (C=O) groups excluding carboxylic acids is 1. The molecule has 1 aromatic rings. The molecule has 6 nitrogen and oxygen atoms in total. The molecular weight excluding hydrogens is 270 g/mol. The number of aryl methyl sites for hydroxylation is 1. The molecule has 0 spiro atoms. The van der Waals surface area contributed by atoms with E-state index in [1.54, 1.807) is 19.1 Å². The molecule has 0 atom stereocenters. The van der Waals surface area contributed by atoms with E-state index in [9.17, 15) is 14.9 Å². The second kappa shape index (κ2) is 6.22. The average Bonchev–Trinajstić information content (AvgIpc) is 2.45. The largest absolute Gasteiger partial charge is 0.350 e. The molecule has 0 heterocycles. The smallest absolute Gasteiger partial charge is 0.285 e. The first kappa shape index (κ1) is 15.4. The van der Waals surface area contributed by atoms with Gasteiger partial charge in [-0.1, -0.05) is 31.4 Å². The Hall–Kier alpha value is -1.95. The topological polar surface area (TPSA) is 98.3 Å². The number of nitro groups is 1. The highest BCUT2D eigenvalue weighted by Crippen LogP contribution is 2.26. The van der Waals surface area contributed by atoms with Crippen molar-refractivity contribution in [2.75, 3.05) is 6.54 Å². The van der Waals surface area contributed by atoms with Crippen molar-refractivity contribution in [2.45, 2.75) is 44.6 Å². The summed E-state index contributed by atoms with van der Waals surface area (Å²) >= 11 is 0. The number of hydrogen-bond acceptors (Lipinski definition) is 4. The minimum atomic E-state index is -0.511. The zero-order valence-electron chi connectivity index (χ0n) is 12.2. The highest BCUT2D eigenvalue weighted by Gasteiger charge is 2.29. The van der Waals surface area contributed by atoms with E-state index in [1.807, 2.05) is 0 Å². The lowest BCUT2D eigenvalue weighted by Crippen LogP contribution is -2.51. The third kappa shape index (κ3) is 3.58. The van der Waals surface area contributed by atoms with Crippen LogP contribution in [0.15, 0.2) is 18.2 Å². The SMILES string of the molecule is Cc1cccc(C(=O)NCC2(N)CCCCC2)c1[N+](=O)[O-]. The van der Waals surface area contributed by atoms with E-state index in [4.69, 9.17) is 5.73 Å². The van der Waals surface area contributed by atoms with Crippen LogP contribution >= 0.6 is 0 Å². The summed E-state index contributed by atoms with van der Waals surface area (Å²) in [6, 6.07) is 4.75. The van der Waals surface area contributed by atoms with E-state index in [0.29, 0.717) is 12.1 Å². The first-order valence-electron chi connectivity index (χ1n) is 7.24. The Morgan fingerprint density at radius 1 is 1.38 bits per heavy atom. The fourth-order valence-electron chi connectivity index (χ4n) is 2.87. The molecule has 1 aliphatic rings. The summed E-state index contributed by atoms with van der Waals surface area (Å²) < 4.78 is 0. The third-order valence-corrected chi connectivity index (χ3v) is 4.12. The summed E-state index contributed by atoms with van der Waals surface area (Å²) in [6.07, 6.45) is 5.07. The van der Waals surface area contributed by atoms with E-state index in [-0.39, 0.29) is 16.8 Å². The zero-order chi connectivity index (χ0) is 15.5. The molecule has 3 N–H and O–H groups in total. The Balaban J connectivity index is 2.10. The number of amides is 1. The van der Waals surface area contributed by atoms with Crippen molar-refractivity contribution in [1.29, 1.82) is 0 Å². The maximum absolute atomic E-state index is 12.2. The van der Waals surface area contributed by atoms with Crippen molar-refractivity contribution < 1.29 is 9.72 Å². The number of nitrogens with zero attached hydrogens (tertiary/aromatic N) is 1. The molecule has 6 heteroatoms. The fourth-order valence-corrected chi connectivity index (χ4v) is 2.87. The maximum atomic E-state index is 12.2. The lowest BCUT2D eigenvalue weighted by molar-refractivity contribution is -0.385. The van der Waals surface area contributed by atoms with Gasteiger partial charge < -0.3 is 11.1 Å². The Labute approximate surface area is 123 Å². The zero-order valence-corrected chi connectivity index (χ0v) is 12.2. The van der Waals surface area contributed by atoms with Gasteiger partial charge in [-0.15, -0.1) is 0 Å². The predicted molar refractivity (Wildman–Crippen MR) is 80.2 cm³/mol. The molecular formula is C15H21N3O3. The quantitative estimate of drug-likeness (QED) is 0.656. The van der Waals surface area contributed by atoms with Crippen LogP contribution in [-0.2, 0) is 0 Å². The Kier molecular flexibility index (Phi) is 4.57. The van der Waals surface area contributed by atoms with Crippen LogP contribution in [0.1, 0.15) is 48.0 Å². The van der Waals surface area contributed by atoms with Crippen LogP contribution < -0.4 is 11.1 Å². The summed E-state index contributed by atoms with van der Waals surface area (Å²) in [5.41, 5.74) is 6.32. The minimum Gasteiger partial charge on any atom is -0.350 e. The normalized spacial score (nSPS) is 17.2. The van der Waals surface area contributed by atoms with Crippen LogP contribution in [0.5, 0.6) is 0 Å². The van der Waals surface area contributed by atoms with Crippen LogP contribution in [0.25, 0.3) is 0 Å². The second-order valence-corrected chi connectivity index (χ2v) is 5.83. The van der Waals surface area contributed by atoms with Crippen LogP contribution in [0, 0.1) is 17.0 Å². The first-order valence-corrected chi connectivity index (χ1v) is 7.24. The second-order valence-electron chi connectivity index (χ2n) is 5.83. The number of nitrogens with two attached hydrogens (primary N) is 1. The lowest BCUT2D eigenvalue weighted by atomic mass is 9.82. The maximum Gasteiger partial charge on any atom is 0.285 e. The monoisotopic (exact) mass is 291 g/mol. The highest BCUT2D eigenvalue weighted by molar-refractivity contribution is 5.98. The molecule has 21 heavy (non-hydrogen) atoms. The van der Waals surface area contributed by atoms with Gasteiger partial charge in [0.1, 0.15) is 5.56 Å². The van der Waals surface area contributed by atoms with Crippen molar-refractivity contribution in [2.24, 2.45) is 5.73 Å². The summed E-state index contributed by atoms with van der Waals surface area (Å²) in [4.78, 5) is 22.8. The molecule has 1 amide bonds. The predicted octanol–water partition coefficient (Wildman–Crippen LogP) is 2.29. The minimum absolute atomic E-state index is 0.0967. The number of nitrogens with one attached hydrogen (secondary N) is 1. The lowest BCUT2D eigenvalue weighted by Gasteiger charge is -2.33. The average molecular weight is 291 g/mol. The van der Waals surface area contributed by atoms with Gasteiger partial charge in [-0.05, 0) is 25.8 Å². The van der Waals surface area contributed by atoms with Crippen LogP contribution in [0.3, 0.4) is 0 Å². The number of para-hydroxylation sites is 1. The van der Waals surface area contributed by atoms with Gasteiger partial charge in [0.25, 0.3) is 11.6 Å². The van der Waals surface area contributed by atoms with Crippen LogP contribution in [-0.4, -0.2) is 22.9 Å². The van der Waals surface area contributed by atoms with Crippen molar-refractivity contribution in [3.63, 3.8) is 0 Å². The number of rotatable bonds is 4. The molecule has 0 unspecified atom stereocenters. The molecule has 0 radical (unpaired) electrons. The van der Waals surface area contributed by atoms with E-state index in [2.05, 4.69) is 5.32 Å². The number of nitro benzene ring substituents is 1. The van der Waals surface area contributed by atoms with Gasteiger partial charge in [-0.25, -0.2) is 0 Å². The van der Waals surface area contributed by atoms with Gasteiger partial charge in [-0.3, -0.25) is 14.9 Å². The van der Waals surface area contributed by atoms with Gasteiger partial charge in [0.15, 0.2) is 0 Å². The molecule has 114 valence electrons. The van der Waals surface area contributed by atoms with Gasteiger partial charge in [0.2, 0.25) is 0 Å². The summed E-state index contributed by atoms with van der Waals surface area (Å²) in [5, 5.41) is 13.9. The third-order valence-electron chi connectivity index (χ3n) is 4.12. The molecule has 0 bridgehead atoms. The van der Waals surface area contributed by atoms with Crippen molar-refractivity contribution in [3.05, 3.63) is 39.4 Å². The highest BCUT2D eigenvalue weighted by atomic mass is 16.6. The Morgan fingerprint density at radius 3 is 2.67 bits per heavy atom. The molecule has 1 fully saturated rings. The van der Waals surface area contributed by atoms with Gasteiger partial charge in [-0.2, -0.15) is 0 Å². The Morgan fingerprint density at radius 2 is 2.05 bits per heavy atom. The summed E-state index contributed by atoms with van der Waals surface area (Å²) in [5.74, 6) is -0.430. The summed E-state index contributed by atoms with van der Waals surface area (Å²) in [7, 11) is 0. The van der Waals surface area contributed by atoms with Crippen LogP contribution in [0.2, 0.25) is 0 Å². The Bertz CT molecular complexity index is 551. The molecule has 1 saturated carbocycles. The van der Waals surface area contributed by atoms with Crippen molar-refractivity contribution in [3.8, 4) is 0 Å². The van der Waals surface area contributed by atoms with Gasteiger partial charge in [0, 0.05) is 17.6 Å². The molecule has 0 aromatic heterocycles.